The lowest BCUT2D eigenvalue weighted by Gasteiger charge is -2.11. The first kappa shape index (κ1) is 12.1. The van der Waals surface area contributed by atoms with Gasteiger partial charge in [0.05, 0.1) is 13.2 Å². The van der Waals surface area contributed by atoms with Crippen LogP contribution >= 0.6 is 11.3 Å². The Hall–Kier alpha value is -1.39. The zero-order valence-electron chi connectivity index (χ0n) is 9.74. The van der Waals surface area contributed by atoms with Crippen molar-refractivity contribution in [1.29, 1.82) is 0 Å². The summed E-state index contributed by atoms with van der Waals surface area (Å²) in [4.78, 5) is 2.23. The van der Waals surface area contributed by atoms with E-state index in [1.54, 1.807) is 23.5 Å². The van der Waals surface area contributed by atoms with Crippen molar-refractivity contribution in [3.63, 3.8) is 0 Å². The zero-order valence-corrected chi connectivity index (χ0v) is 10.6. The van der Waals surface area contributed by atoms with Crippen molar-refractivity contribution in [3.05, 3.63) is 51.5 Å². The number of rotatable bonds is 3. The second-order valence-electron chi connectivity index (χ2n) is 3.82. The second kappa shape index (κ2) is 4.85. The Morgan fingerprint density at radius 1 is 1.29 bits per heavy atom. The number of hydrogen-bond acceptors (Lipinski definition) is 3. The Balaban J connectivity index is 2.31. The average Bonchev–Trinajstić information content (AvgIpc) is 2.75. The Morgan fingerprint density at radius 3 is 2.59 bits per heavy atom. The van der Waals surface area contributed by atoms with Gasteiger partial charge in [-0.1, -0.05) is 6.07 Å². The van der Waals surface area contributed by atoms with Crippen LogP contribution in [0.15, 0.2) is 30.3 Å². The highest BCUT2D eigenvalue weighted by Crippen LogP contribution is 2.28. The molecule has 0 radical (unpaired) electrons. The Morgan fingerprint density at radius 2 is 2.06 bits per heavy atom. The van der Waals surface area contributed by atoms with Gasteiger partial charge in [-0.25, -0.2) is 4.39 Å². The van der Waals surface area contributed by atoms with Crippen LogP contribution in [-0.4, -0.2) is 7.11 Å². The second-order valence-corrected chi connectivity index (χ2v) is 5.14. The maximum atomic E-state index is 13.6. The van der Waals surface area contributed by atoms with Crippen LogP contribution in [0.3, 0.4) is 0 Å². The topological polar surface area (TPSA) is 35.2 Å². The van der Waals surface area contributed by atoms with Crippen molar-refractivity contribution in [1.82, 2.24) is 0 Å². The summed E-state index contributed by atoms with van der Waals surface area (Å²) in [7, 11) is 1.45. The lowest BCUT2D eigenvalue weighted by Crippen LogP contribution is -2.10. The lowest BCUT2D eigenvalue weighted by atomic mass is 10.1. The summed E-state index contributed by atoms with van der Waals surface area (Å²) in [6.07, 6.45) is 0. The van der Waals surface area contributed by atoms with E-state index in [1.807, 2.05) is 19.1 Å². The van der Waals surface area contributed by atoms with Crippen molar-refractivity contribution < 1.29 is 9.13 Å². The molecule has 2 aromatic rings. The van der Waals surface area contributed by atoms with Crippen LogP contribution in [0.2, 0.25) is 0 Å². The van der Waals surface area contributed by atoms with E-state index in [1.165, 1.54) is 18.1 Å². The summed E-state index contributed by atoms with van der Waals surface area (Å²) in [5.74, 6) is -0.142. The first-order chi connectivity index (χ1) is 8.11. The highest BCUT2D eigenvalue weighted by atomic mass is 32.1. The molecule has 0 amide bonds. The molecule has 2 N–H and O–H groups in total. The molecule has 1 atom stereocenters. The van der Waals surface area contributed by atoms with E-state index in [-0.39, 0.29) is 17.6 Å². The molecule has 0 fully saturated rings. The van der Waals surface area contributed by atoms with Gasteiger partial charge in [0.1, 0.15) is 0 Å². The van der Waals surface area contributed by atoms with Gasteiger partial charge in [-0.15, -0.1) is 11.3 Å². The molecular weight excluding hydrogens is 237 g/mol. The fourth-order valence-corrected chi connectivity index (χ4v) is 2.57. The maximum absolute atomic E-state index is 13.6. The molecule has 0 spiro atoms. The van der Waals surface area contributed by atoms with Crippen molar-refractivity contribution in [2.75, 3.05) is 7.11 Å². The number of methoxy groups -OCH3 is 1. The minimum Gasteiger partial charge on any atom is -0.494 e. The van der Waals surface area contributed by atoms with Crippen molar-refractivity contribution in [2.24, 2.45) is 5.73 Å². The molecule has 2 rings (SSSR count). The largest absolute Gasteiger partial charge is 0.494 e. The van der Waals surface area contributed by atoms with E-state index >= 15 is 0 Å². The maximum Gasteiger partial charge on any atom is 0.165 e. The van der Waals surface area contributed by atoms with Crippen LogP contribution in [-0.2, 0) is 0 Å². The van der Waals surface area contributed by atoms with Crippen molar-refractivity contribution in [3.8, 4) is 5.75 Å². The van der Waals surface area contributed by atoms with Crippen molar-refractivity contribution >= 4 is 11.3 Å². The van der Waals surface area contributed by atoms with Crippen LogP contribution in [0.1, 0.15) is 21.4 Å². The Labute approximate surface area is 104 Å². The standard InChI is InChI=1S/C13H14FNOS/c1-8-3-6-12(17-8)13(15)9-4-5-11(16-2)10(14)7-9/h3-7,13H,15H2,1-2H3. The molecular formula is C13H14FNOS. The van der Waals surface area contributed by atoms with Crippen LogP contribution < -0.4 is 10.5 Å². The molecule has 17 heavy (non-hydrogen) atoms. The average molecular weight is 251 g/mol. The van der Waals surface area contributed by atoms with E-state index in [4.69, 9.17) is 10.5 Å². The molecule has 0 aliphatic heterocycles. The summed E-state index contributed by atoms with van der Waals surface area (Å²) in [6, 6.07) is 8.53. The Bertz CT molecular complexity index is 524. The molecule has 1 unspecified atom stereocenters. The minimum absolute atomic E-state index is 0.239. The molecule has 0 saturated carbocycles. The highest BCUT2D eigenvalue weighted by Gasteiger charge is 2.13. The predicted molar refractivity (Wildman–Crippen MR) is 68.0 cm³/mol. The van der Waals surface area contributed by atoms with E-state index in [2.05, 4.69) is 0 Å². The van der Waals surface area contributed by atoms with Gasteiger partial charge in [0.2, 0.25) is 0 Å². The summed E-state index contributed by atoms with van der Waals surface area (Å²) < 4.78 is 18.4. The van der Waals surface area contributed by atoms with Gasteiger partial charge in [-0.3, -0.25) is 0 Å². The number of aryl methyl sites for hydroxylation is 1. The SMILES string of the molecule is COc1ccc(C(N)c2ccc(C)s2)cc1F. The van der Waals surface area contributed by atoms with Gasteiger partial charge in [-0.05, 0) is 36.8 Å². The Kier molecular flexibility index (Phi) is 3.45. The third-order valence-electron chi connectivity index (χ3n) is 2.60. The zero-order chi connectivity index (χ0) is 12.4. The van der Waals surface area contributed by atoms with E-state index in [9.17, 15) is 4.39 Å². The monoisotopic (exact) mass is 251 g/mol. The first-order valence-electron chi connectivity index (χ1n) is 5.27. The number of halogens is 1. The van der Waals surface area contributed by atoms with Gasteiger partial charge < -0.3 is 10.5 Å². The van der Waals surface area contributed by atoms with Crippen LogP contribution in [0.4, 0.5) is 4.39 Å². The van der Waals surface area contributed by atoms with Gasteiger partial charge in [0.25, 0.3) is 0 Å². The van der Waals surface area contributed by atoms with Crippen LogP contribution in [0.25, 0.3) is 0 Å². The lowest BCUT2D eigenvalue weighted by molar-refractivity contribution is 0.386. The van der Waals surface area contributed by atoms with Gasteiger partial charge in [-0.2, -0.15) is 0 Å². The van der Waals surface area contributed by atoms with E-state index in [0.717, 1.165) is 10.4 Å². The number of nitrogens with two attached hydrogens (primary N) is 1. The molecule has 90 valence electrons. The van der Waals surface area contributed by atoms with Crippen LogP contribution in [0.5, 0.6) is 5.75 Å². The molecule has 2 nitrogen and oxygen atoms in total. The van der Waals surface area contributed by atoms with Gasteiger partial charge in [0.15, 0.2) is 11.6 Å². The predicted octanol–water partition coefficient (Wildman–Crippen LogP) is 3.25. The van der Waals surface area contributed by atoms with E-state index < -0.39 is 0 Å². The molecule has 0 saturated heterocycles. The number of ether oxygens (including phenoxy) is 1. The van der Waals surface area contributed by atoms with E-state index in [0.29, 0.717) is 0 Å². The van der Waals surface area contributed by atoms with Gasteiger partial charge >= 0.3 is 0 Å². The molecule has 1 aromatic carbocycles. The molecule has 0 aliphatic carbocycles. The summed E-state index contributed by atoms with van der Waals surface area (Å²) >= 11 is 1.63. The number of benzene rings is 1. The molecule has 0 aliphatic rings. The number of thiophene rings is 1. The smallest absolute Gasteiger partial charge is 0.165 e. The third kappa shape index (κ3) is 2.48. The molecule has 1 aromatic heterocycles. The van der Waals surface area contributed by atoms with Gasteiger partial charge in [0, 0.05) is 9.75 Å². The van der Waals surface area contributed by atoms with Crippen molar-refractivity contribution in [2.45, 2.75) is 13.0 Å². The fourth-order valence-electron chi connectivity index (χ4n) is 1.66. The minimum atomic E-state index is -0.381. The normalized spacial score (nSPS) is 12.5. The third-order valence-corrected chi connectivity index (χ3v) is 3.69. The summed E-state index contributed by atoms with van der Waals surface area (Å²) in [5, 5.41) is 0. The molecule has 4 heteroatoms. The quantitative estimate of drug-likeness (QED) is 0.908. The fraction of sp³-hybridized carbons (Fsp3) is 0.231. The first-order valence-corrected chi connectivity index (χ1v) is 6.09. The highest BCUT2D eigenvalue weighted by molar-refractivity contribution is 7.12. The number of hydrogen-bond donors (Lipinski definition) is 1. The summed E-state index contributed by atoms with van der Waals surface area (Å²) in [6.45, 7) is 2.02. The van der Waals surface area contributed by atoms with Crippen LogP contribution in [0, 0.1) is 12.7 Å². The molecule has 1 heterocycles. The molecule has 0 bridgehead atoms. The summed E-state index contributed by atoms with van der Waals surface area (Å²) in [5.41, 5.74) is 6.85.